The summed E-state index contributed by atoms with van der Waals surface area (Å²) in [6, 6.07) is -0.827. The fourth-order valence-electron chi connectivity index (χ4n) is 0.926. The quantitative estimate of drug-likeness (QED) is 0.620. The third-order valence-corrected chi connectivity index (χ3v) is 1.76. The molecule has 0 saturated heterocycles. The van der Waals surface area contributed by atoms with Crippen molar-refractivity contribution < 1.29 is 14.7 Å². The zero-order chi connectivity index (χ0) is 12.1. The Balaban J connectivity index is 3.72. The number of carboxylic acids is 1. The molecule has 0 aliphatic heterocycles. The number of carbonyl (C=O) groups excluding carboxylic acids is 1. The van der Waals surface area contributed by atoms with Gasteiger partial charge >= 0.3 is 5.97 Å². The van der Waals surface area contributed by atoms with Crippen LogP contribution in [0, 0.1) is 0 Å². The van der Waals surface area contributed by atoms with Gasteiger partial charge < -0.3 is 15.7 Å². The summed E-state index contributed by atoms with van der Waals surface area (Å²) in [6.45, 7) is 8.00. The van der Waals surface area contributed by atoms with E-state index in [0.29, 0.717) is 6.54 Å². The van der Waals surface area contributed by atoms with Crippen molar-refractivity contribution in [2.45, 2.75) is 45.7 Å². The highest BCUT2D eigenvalue weighted by Crippen LogP contribution is 1.97. The predicted molar refractivity (Wildman–Crippen MR) is 57.6 cm³/mol. The highest BCUT2D eigenvalue weighted by atomic mass is 16.4. The molecule has 1 amide bonds. The molecule has 0 saturated carbocycles. The van der Waals surface area contributed by atoms with Crippen LogP contribution in [0.25, 0.3) is 0 Å². The lowest BCUT2D eigenvalue weighted by atomic mass is 10.1. The van der Waals surface area contributed by atoms with Gasteiger partial charge in [-0.15, -0.1) is 0 Å². The molecular formula is C10H20N2O3. The standard InChI is InChI=1S/C10H20N2O3/c1-7(9(14)15)12-8(13)5-6-11-10(2,3)4/h7,11H,5-6H2,1-4H3,(H,12,13)(H,14,15)/t7-/m0/s1. The topological polar surface area (TPSA) is 78.4 Å². The molecule has 0 aliphatic carbocycles. The molecule has 0 fully saturated rings. The third kappa shape index (κ3) is 7.93. The van der Waals surface area contributed by atoms with Crippen molar-refractivity contribution in [1.29, 1.82) is 0 Å². The SMILES string of the molecule is C[C@H](NC(=O)CCNC(C)(C)C)C(=O)O. The number of carboxylic acid groups (broad SMARTS) is 1. The average molecular weight is 216 g/mol. The van der Waals surface area contributed by atoms with Gasteiger partial charge in [-0.3, -0.25) is 9.59 Å². The maximum absolute atomic E-state index is 11.2. The Morgan fingerprint density at radius 1 is 1.33 bits per heavy atom. The van der Waals surface area contributed by atoms with Gasteiger partial charge in [0, 0.05) is 18.5 Å². The highest BCUT2D eigenvalue weighted by Gasteiger charge is 2.14. The van der Waals surface area contributed by atoms with Crippen LogP contribution >= 0.6 is 0 Å². The van der Waals surface area contributed by atoms with Crippen molar-refractivity contribution in [3.63, 3.8) is 0 Å². The molecule has 0 spiro atoms. The fourth-order valence-corrected chi connectivity index (χ4v) is 0.926. The van der Waals surface area contributed by atoms with E-state index in [1.54, 1.807) is 0 Å². The van der Waals surface area contributed by atoms with Gasteiger partial charge in [0.1, 0.15) is 6.04 Å². The van der Waals surface area contributed by atoms with Crippen LogP contribution in [0.5, 0.6) is 0 Å². The van der Waals surface area contributed by atoms with E-state index in [1.165, 1.54) is 6.92 Å². The minimum Gasteiger partial charge on any atom is -0.480 e. The molecule has 88 valence electrons. The summed E-state index contributed by atoms with van der Waals surface area (Å²) in [6.07, 6.45) is 0.287. The van der Waals surface area contributed by atoms with E-state index in [4.69, 9.17) is 5.11 Å². The van der Waals surface area contributed by atoms with Gasteiger partial charge in [-0.2, -0.15) is 0 Å². The molecule has 0 heterocycles. The van der Waals surface area contributed by atoms with Gasteiger partial charge in [-0.05, 0) is 27.7 Å². The van der Waals surface area contributed by atoms with E-state index in [2.05, 4.69) is 10.6 Å². The van der Waals surface area contributed by atoms with Crippen molar-refractivity contribution in [2.75, 3.05) is 6.54 Å². The number of hydrogen-bond acceptors (Lipinski definition) is 3. The van der Waals surface area contributed by atoms with Crippen molar-refractivity contribution in [1.82, 2.24) is 10.6 Å². The molecule has 0 aromatic rings. The highest BCUT2D eigenvalue weighted by molar-refractivity contribution is 5.83. The number of nitrogens with one attached hydrogen (secondary N) is 2. The van der Waals surface area contributed by atoms with E-state index >= 15 is 0 Å². The zero-order valence-electron chi connectivity index (χ0n) is 9.76. The van der Waals surface area contributed by atoms with E-state index in [9.17, 15) is 9.59 Å². The van der Waals surface area contributed by atoms with Gasteiger partial charge in [0.05, 0.1) is 0 Å². The Bertz CT molecular complexity index is 233. The largest absolute Gasteiger partial charge is 0.480 e. The van der Waals surface area contributed by atoms with Crippen LogP contribution in [-0.4, -0.2) is 35.1 Å². The second kappa shape index (κ2) is 5.70. The smallest absolute Gasteiger partial charge is 0.325 e. The Kier molecular flexibility index (Phi) is 5.28. The monoisotopic (exact) mass is 216 g/mol. The Morgan fingerprint density at radius 2 is 1.87 bits per heavy atom. The van der Waals surface area contributed by atoms with Crippen molar-refractivity contribution in [3.05, 3.63) is 0 Å². The minimum atomic E-state index is -1.02. The first-order valence-electron chi connectivity index (χ1n) is 4.99. The van der Waals surface area contributed by atoms with Gasteiger partial charge in [0.15, 0.2) is 0 Å². The summed E-state index contributed by atoms with van der Waals surface area (Å²) in [5.74, 6) is -1.27. The lowest BCUT2D eigenvalue weighted by Crippen LogP contribution is -2.42. The fraction of sp³-hybridized carbons (Fsp3) is 0.800. The first-order chi connectivity index (χ1) is 6.72. The third-order valence-electron chi connectivity index (χ3n) is 1.76. The second-order valence-electron chi connectivity index (χ2n) is 4.55. The number of amides is 1. The van der Waals surface area contributed by atoms with Crippen LogP contribution in [0.1, 0.15) is 34.1 Å². The number of hydrogen-bond donors (Lipinski definition) is 3. The molecule has 5 heteroatoms. The molecule has 0 rings (SSSR count). The molecule has 0 aromatic carbocycles. The summed E-state index contributed by atoms with van der Waals surface area (Å²) in [5.41, 5.74) is -0.0291. The van der Waals surface area contributed by atoms with Gasteiger partial charge in [-0.1, -0.05) is 0 Å². The maximum atomic E-state index is 11.2. The molecule has 0 aliphatic rings. The van der Waals surface area contributed by atoms with E-state index in [-0.39, 0.29) is 17.9 Å². The molecule has 0 radical (unpaired) electrons. The molecule has 1 atom stereocenters. The molecule has 0 unspecified atom stereocenters. The van der Waals surface area contributed by atoms with E-state index in [0.717, 1.165) is 0 Å². The van der Waals surface area contributed by atoms with Crippen molar-refractivity contribution in [2.24, 2.45) is 0 Å². The zero-order valence-corrected chi connectivity index (χ0v) is 9.76. The molecular weight excluding hydrogens is 196 g/mol. The van der Waals surface area contributed by atoms with Gasteiger partial charge in [0.2, 0.25) is 5.91 Å². The lowest BCUT2D eigenvalue weighted by molar-refractivity contribution is -0.141. The maximum Gasteiger partial charge on any atom is 0.325 e. The second-order valence-corrected chi connectivity index (χ2v) is 4.55. The number of carbonyl (C=O) groups is 2. The summed E-state index contributed by atoms with van der Waals surface area (Å²) < 4.78 is 0. The van der Waals surface area contributed by atoms with Crippen molar-refractivity contribution in [3.8, 4) is 0 Å². The average Bonchev–Trinajstić information content (AvgIpc) is 2.01. The van der Waals surface area contributed by atoms with Crippen LogP contribution in [-0.2, 0) is 9.59 Å². The lowest BCUT2D eigenvalue weighted by Gasteiger charge is -2.20. The van der Waals surface area contributed by atoms with Crippen LogP contribution in [0.3, 0.4) is 0 Å². The summed E-state index contributed by atoms with van der Waals surface area (Å²) in [7, 11) is 0. The molecule has 0 bridgehead atoms. The van der Waals surface area contributed by atoms with Gasteiger partial charge in [-0.25, -0.2) is 0 Å². The van der Waals surface area contributed by atoms with Gasteiger partial charge in [0.25, 0.3) is 0 Å². The van der Waals surface area contributed by atoms with E-state index < -0.39 is 12.0 Å². The molecule has 0 aromatic heterocycles. The molecule has 15 heavy (non-hydrogen) atoms. The number of aliphatic carboxylic acids is 1. The van der Waals surface area contributed by atoms with Crippen LogP contribution < -0.4 is 10.6 Å². The van der Waals surface area contributed by atoms with E-state index in [1.807, 2.05) is 20.8 Å². The Hall–Kier alpha value is -1.10. The Labute approximate surface area is 90.2 Å². The molecule has 3 N–H and O–H groups in total. The van der Waals surface area contributed by atoms with Crippen LogP contribution in [0.15, 0.2) is 0 Å². The van der Waals surface area contributed by atoms with Crippen LogP contribution in [0.4, 0.5) is 0 Å². The van der Waals surface area contributed by atoms with Crippen molar-refractivity contribution >= 4 is 11.9 Å². The summed E-state index contributed by atoms with van der Waals surface area (Å²) in [5, 5.41) is 14.1. The molecule has 5 nitrogen and oxygen atoms in total. The van der Waals surface area contributed by atoms with Crippen LogP contribution in [0.2, 0.25) is 0 Å². The first-order valence-corrected chi connectivity index (χ1v) is 4.99. The minimum absolute atomic E-state index is 0.0291. The summed E-state index contributed by atoms with van der Waals surface area (Å²) in [4.78, 5) is 21.7. The number of rotatable bonds is 5. The predicted octanol–water partition coefficient (Wildman–Crippen LogP) is 0.354. The summed E-state index contributed by atoms with van der Waals surface area (Å²) >= 11 is 0. The normalized spacial score (nSPS) is 13.3. The first kappa shape index (κ1) is 13.9. The Morgan fingerprint density at radius 3 is 2.27 bits per heavy atom.